The van der Waals surface area contributed by atoms with Gasteiger partial charge >= 0.3 is 5.97 Å². The highest BCUT2D eigenvalue weighted by Crippen LogP contribution is 2.15. The van der Waals surface area contributed by atoms with Crippen molar-refractivity contribution in [1.29, 1.82) is 0 Å². The lowest BCUT2D eigenvalue weighted by molar-refractivity contribution is -0.139. The fourth-order valence-corrected chi connectivity index (χ4v) is 2.37. The molecule has 0 saturated carbocycles. The normalized spacial score (nSPS) is 13.1. The standard InChI is InChI=1S/C20H24FNO4/c1-14(22-12-19(23)16-4-3-5-17(21)11-16)13-26-18-8-6-15(7-9-18)10-20(24)25-2/h3-9,11,14,19,22-23H,10,12-13H2,1-2H3. The van der Waals surface area contributed by atoms with Crippen molar-refractivity contribution in [1.82, 2.24) is 5.32 Å². The van der Waals surface area contributed by atoms with Crippen molar-refractivity contribution < 1.29 is 23.8 Å². The summed E-state index contributed by atoms with van der Waals surface area (Å²) in [6.45, 7) is 2.64. The van der Waals surface area contributed by atoms with E-state index in [9.17, 15) is 14.3 Å². The summed E-state index contributed by atoms with van der Waals surface area (Å²) in [6.07, 6.45) is -0.557. The van der Waals surface area contributed by atoms with E-state index in [2.05, 4.69) is 10.1 Å². The second-order valence-corrected chi connectivity index (χ2v) is 6.09. The molecule has 140 valence electrons. The van der Waals surface area contributed by atoms with E-state index >= 15 is 0 Å². The van der Waals surface area contributed by atoms with Crippen LogP contribution < -0.4 is 10.1 Å². The van der Waals surface area contributed by atoms with Crippen molar-refractivity contribution in [3.05, 3.63) is 65.5 Å². The number of carbonyl (C=O) groups is 1. The molecule has 0 fully saturated rings. The second-order valence-electron chi connectivity index (χ2n) is 6.09. The van der Waals surface area contributed by atoms with Crippen LogP contribution in [-0.4, -0.2) is 37.4 Å². The average Bonchev–Trinajstić information content (AvgIpc) is 2.65. The molecular weight excluding hydrogens is 337 g/mol. The third-order valence-electron chi connectivity index (χ3n) is 3.89. The molecule has 6 heteroatoms. The van der Waals surface area contributed by atoms with Gasteiger partial charge in [0.2, 0.25) is 0 Å². The van der Waals surface area contributed by atoms with Crippen LogP contribution in [0.1, 0.15) is 24.2 Å². The summed E-state index contributed by atoms with van der Waals surface area (Å²) >= 11 is 0. The van der Waals surface area contributed by atoms with E-state index in [1.54, 1.807) is 24.3 Å². The fourth-order valence-electron chi connectivity index (χ4n) is 2.37. The second kappa shape index (κ2) is 9.89. The Balaban J connectivity index is 1.74. The first kappa shape index (κ1) is 19.9. The molecule has 0 saturated heterocycles. The summed E-state index contributed by atoms with van der Waals surface area (Å²) in [4.78, 5) is 11.2. The Morgan fingerprint density at radius 1 is 1.23 bits per heavy atom. The number of esters is 1. The van der Waals surface area contributed by atoms with Crippen molar-refractivity contribution >= 4 is 5.97 Å². The van der Waals surface area contributed by atoms with Gasteiger partial charge in [-0.25, -0.2) is 4.39 Å². The van der Waals surface area contributed by atoms with Crippen molar-refractivity contribution in [2.45, 2.75) is 25.5 Å². The van der Waals surface area contributed by atoms with Crippen LogP contribution in [0.4, 0.5) is 4.39 Å². The minimum atomic E-state index is -0.786. The molecule has 0 spiro atoms. The van der Waals surface area contributed by atoms with Crippen molar-refractivity contribution in [2.24, 2.45) is 0 Å². The van der Waals surface area contributed by atoms with E-state index in [1.165, 1.54) is 19.2 Å². The summed E-state index contributed by atoms with van der Waals surface area (Å²) in [7, 11) is 1.36. The molecule has 0 bridgehead atoms. The van der Waals surface area contributed by atoms with E-state index in [-0.39, 0.29) is 24.2 Å². The Labute approximate surface area is 152 Å². The molecule has 0 radical (unpaired) electrons. The van der Waals surface area contributed by atoms with E-state index < -0.39 is 6.10 Å². The molecule has 0 aliphatic heterocycles. The van der Waals surface area contributed by atoms with Crippen LogP contribution in [0.5, 0.6) is 5.75 Å². The Morgan fingerprint density at radius 2 is 1.96 bits per heavy atom. The number of ether oxygens (including phenoxy) is 2. The Morgan fingerprint density at radius 3 is 2.62 bits per heavy atom. The van der Waals surface area contributed by atoms with Crippen LogP contribution in [0.15, 0.2) is 48.5 Å². The maximum absolute atomic E-state index is 13.2. The number of halogens is 1. The zero-order chi connectivity index (χ0) is 18.9. The quantitative estimate of drug-likeness (QED) is 0.672. The molecule has 26 heavy (non-hydrogen) atoms. The van der Waals surface area contributed by atoms with Gasteiger partial charge in [-0.05, 0) is 42.3 Å². The zero-order valence-corrected chi connectivity index (χ0v) is 14.9. The van der Waals surface area contributed by atoms with Crippen molar-refractivity contribution in [3.63, 3.8) is 0 Å². The molecule has 2 aromatic rings. The van der Waals surface area contributed by atoms with Crippen LogP contribution in [0, 0.1) is 5.82 Å². The average molecular weight is 361 g/mol. The Hall–Kier alpha value is -2.44. The molecule has 2 N–H and O–H groups in total. The van der Waals surface area contributed by atoms with Gasteiger partial charge in [0, 0.05) is 12.6 Å². The SMILES string of the molecule is COC(=O)Cc1ccc(OCC(C)NCC(O)c2cccc(F)c2)cc1. The Kier molecular flexibility index (Phi) is 7.56. The first-order chi connectivity index (χ1) is 12.5. The van der Waals surface area contributed by atoms with Crippen LogP contribution in [0.2, 0.25) is 0 Å². The third kappa shape index (κ3) is 6.46. The third-order valence-corrected chi connectivity index (χ3v) is 3.89. The van der Waals surface area contributed by atoms with Gasteiger partial charge in [0.25, 0.3) is 0 Å². The number of methoxy groups -OCH3 is 1. The van der Waals surface area contributed by atoms with E-state index in [1.807, 2.05) is 19.1 Å². The number of benzene rings is 2. The maximum atomic E-state index is 13.2. The molecule has 2 rings (SSSR count). The molecule has 0 aromatic heterocycles. The van der Waals surface area contributed by atoms with Gasteiger partial charge in [-0.2, -0.15) is 0 Å². The topological polar surface area (TPSA) is 67.8 Å². The van der Waals surface area contributed by atoms with Crippen LogP contribution in [-0.2, 0) is 16.0 Å². The number of rotatable bonds is 9. The Bertz CT molecular complexity index is 705. The molecule has 0 aliphatic rings. The zero-order valence-electron chi connectivity index (χ0n) is 14.9. The minimum Gasteiger partial charge on any atom is -0.492 e. The first-order valence-corrected chi connectivity index (χ1v) is 8.43. The monoisotopic (exact) mass is 361 g/mol. The molecule has 0 amide bonds. The summed E-state index contributed by atoms with van der Waals surface area (Å²) in [6, 6.07) is 13.2. The van der Waals surface area contributed by atoms with Gasteiger partial charge in [0.05, 0.1) is 19.6 Å². The van der Waals surface area contributed by atoms with Gasteiger partial charge in [-0.15, -0.1) is 0 Å². The number of aliphatic hydroxyl groups is 1. The first-order valence-electron chi connectivity index (χ1n) is 8.43. The molecule has 2 atom stereocenters. The van der Waals surface area contributed by atoms with E-state index in [0.29, 0.717) is 24.5 Å². The van der Waals surface area contributed by atoms with Gasteiger partial charge < -0.3 is 19.9 Å². The highest BCUT2D eigenvalue weighted by atomic mass is 19.1. The minimum absolute atomic E-state index is 0.00652. The molecule has 2 aromatic carbocycles. The van der Waals surface area contributed by atoms with Gasteiger partial charge in [-0.1, -0.05) is 24.3 Å². The maximum Gasteiger partial charge on any atom is 0.309 e. The van der Waals surface area contributed by atoms with Gasteiger partial charge in [0.1, 0.15) is 18.2 Å². The number of nitrogens with one attached hydrogen (secondary N) is 1. The van der Waals surface area contributed by atoms with Crippen molar-refractivity contribution in [2.75, 3.05) is 20.3 Å². The number of aliphatic hydroxyl groups excluding tert-OH is 1. The largest absolute Gasteiger partial charge is 0.492 e. The highest BCUT2D eigenvalue weighted by Gasteiger charge is 2.11. The summed E-state index contributed by atoms with van der Waals surface area (Å²) in [5, 5.41) is 13.3. The number of carbonyl (C=O) groups excluding carboxylic acids is 1. The molecule has 0 aliphatic carbocycles. The number of hydrogen-bond acceptors (Lipinski definition) is 5. The lowest BCUT2D eigenvalue weighted by atomic mass is 10.1. The highest BCUT2D eigenvalue weighted by molar-refractivity contribution is 5.72. The van der Waals surface area contributed by atoms with E-state index in [4.69, 9.17) is 4.74 Å². The summed E-state index contributed by atoms with van der Waals surface area (Å²) in [5.74, 6) is 0.0415. The molecule has 0 heterocycles. The predicted molar refractivity (Wildman–Crippen MR) is 96.5 cm³/mol. The van der Waals surface area contributed by atoms with Crippen molar-refractivity contribution in [3.8, 4) is 5.75 Å². The molecular formula is C20H24FNO4. The number of hydrogen-bond donors (Lipinski definition) is 2. The lowest BCUT2D eigenvalue weighted by Crippen LogP contribution is -2.34. The van der Waals surface area contributed by atoms with E-state index in [0.717, 1.165) is 5.56 Å². The summed E-state index contributed by atoms with van der Waals surface area (Å²) < 4.78 is 23.5. The van der Waals surface area contributed by atoms with Crippen LogP contribution in [0.3, 0.4) is 0 Å². The predicted octanol–water partition coefficient (Wildman–Crippen LogP) is 2.63. The molecule has 5 nitrogen and oxygen atoms in total. The summed E-state index contributed by atoms with van der Waals surface area (Å²) in [5.41, 5.74) is 1.39. The smallest absolute Gasteiger partial charge is 0.309 e. The fraction of sp³-hybridized carbons (Fsp3) is 0.350. The molecule has 2 unspecified atom stereocenters. The van der Waals surface area contributed by atoms with Crippen LogP contribution >= 0.6 is 0 Å². The lowest BCUT2D eigenvalue weighted by Gasteiger charge is -2.18. The van der Waals surface area contributed by atoms with Gasteiger partial charge in [0.15, 0.2) is 0 Å². The van der Waals surface area contributed by atoms with Crippen LogP contribution in [0.25, 0.3) is 0 Å². The van der Waals surface area contributed by atoms with Gasteiger partial charge in [-0.3, -0.25) is 4.79 Å².